The Labute approximate surface area is 161 Å². The van der Waals surface area contributed by atoms with E-state index in [9.17, 15) is 4.79 Å². The first-order valence-corrected chi connectivity index (χ1v) is 9.99. The van der Waals surface area contributed by atoms with E-state index in [1.54, 1.807) is 17.5 Å². The minimum atomic E-state index is 0.0233. The Bertz CT molecular complexity index is 909. The Morgan fingerprint density at radius 2 is 2.33 bits per heavy atom. The van der Waals surface area contributed by atoms with Gasteiger partial charge in [0, 0.05) is 48.2 Å². The molecule has 0 bridgehead atoms. The van der Waals surface area contributed by atoms with Crippen LogP contribution in [0.25, 0.3) is 0 Å². The maximum Gasteiger partial charge on any atom is 0.252 e. The highest BCUT2D eigenvalue weighted by Crippen LogP contribution is 2.30. The predicted octanol–water partition coefficient (Wildman–Crippen LogP) is 2.61. The summed E-state index contributed by atoms with van der Waals surface area (Å²) < 4.78 is 5.27. The Morgan fingerprint density at radius 3 is 3.07 bits per heavy atom. The van der Waals surface area contributed by atoms with Crippen LogP contribution in [-0.2, 0) is 25.9 Å². The molecule has 0 aliphatic carbocycles. The van der Waals surface area contributed by atoms with Gasteiger partial charge in [-0.05, 0) is 37.8 Å². The summed E-state index contributed by atoms with van der Waals surface area (Å²) in [6.07, 6.45) is 5.31. The molecule has 3 aromatic heterocycles. The summed E-state index contributed by atoms with van der Waals surface area (Å²) in [5.41, 5.74) is 5.27. The number of aromatic nitrogens is 3. The predicted molar refractivity (Wildman–Crippen MR) is 103 cm³/mol. The molecule has 2 N–H and O–H groups in total. The number of amides is 1. The van der Waals surface area contributed by atoms with Crippen molar-refractivity contribution in [1.29, 1.82) is 0 Å². The monoisotopic (exact) mass is 385 g/mol. The van der Waals surface area contributed by atoms with Crippen molar-refractivity contribution in [2.45, 2.75) is 39.8 Å². The lowest BCUT2D eigenvalue weighted by Crippen LogP contribution is -2.31. The Morgan fingerprint density at radius 1 is 1.44 bits per heavy atom. The summed E-state index contributed by atoms with van der Waals surface area (Å²) in [6, 6.07) is 0. The van der Waals surface area contributed by atoms with Crippen LogP contribution in [0.2, 0.25) is 0 Å². The van der Waals surface area contributed by atoms with Crippen LogP contribution in [0.1, 0.15) is 43.4 Å². The molecule has 4 heterocycles. The second-order valence-electron chi connectivity index (χ2n) is 6.93. The maximum atomic E-state index is 12.6. The van der Waals surface area contributed by atoms with Gasteiger partial charge in [-0.1, -0.05) is 5.16 Å². The van der Waals surface area contributed by atoms with Crippen LogP contribution in [0.4, 0.5) is 0 Å². The fourth-order valence-corrected chi connectivity index (χ4v) is 4.61. The van der Waals surface area contributed by atoms with Crippen molar-refractivity contribution in [1.82, 2.24) is 25.6 Å². The van der Waals surface area contributed by atoms with Crippen LogP contribution in [0.5, 0.6) is 0 Å². The van der Waals surface area contributed by atoms with Gasteiger partial charge in [0.1, 0.15) is 5.76 Å². The maximum absolute atomic E-state index is 12.6. The lowest BCUT2D eigenvalue weighted by Gasteiger charge is -2.27. The average Bonchev–Trinajstić information content (AvgIpc) is 3.38. The molecule has 7 nitrogen and oxygen atoms in total. The second-order valence-corrected chi connectivity index (χ2v) is 7.89. The average molecular weight is 385 g/mol. The second kappa shape index (κ2) is 7.66. The van der Waals surface area contributed by atoms with Crippen molar-refractivity contribution in [2.75, 3.05) is 13.1 Å². The third-order valence-corrected chi connectivity index (χ3v) is 6.10. The molecule has 4 rings (SSSR count). The molecule has 1 aliphatic rings. The number of aromatic amines is 1. The van der Waals surface area contributed by atoms with Gasteiger partial charge in [-0.15, -0.1) is 11.3 Å². The molecule has 0 saturated heterocycles. The topological polar surface area (TPSA) is 87.1 Å². The molecule has 8 heteroatoms. The molecule has 1 amide bonds. The van der Waals surface area contributed by atoms with E-state index in [4.69, 9.17) is 4.52 Å². The third-order valence-electron chi connectivity index (χ3n) is 5.09. The number of H-pyrrole nitrogens is 1. The minimum absolute atomic E-state index is 0.0233. The molecule has 0 unspecified atom stereocenters. The number of aryl methyl sites for hydroxylation is 2. The number of rotatable bonds is 6. The van der Waals surface area contributed by atoms with Crippen LogP contribution in [0.15, 0.2) is 22.3 Å². The molecule has 0 atom stereocenters. The number of nitrogens with one attached hydrogen (secondary N) is 2. The summed E-state index contributed by atoms with van der Waals surface area (Å²) in [4.78, 5) is 16.3. The summed E-state index contributed by atoms with van der Waals surface area (Å²) in [7, 11) is 0. The molecule has 3 aromatic rings. The Kier molecular flexibility index (Phi) is 5.09. The molecule has 142 valence electrons. The van der Waals surface area contributed by atoms with Gasteiger partial charge in [-0.3, -0.25) is 14.8 Å². The number of thiophene rings is 1. The molecule has 0 fully saturated rings. The first-order chi connectivity index (χ1) is 13.1. The molecule has 27 heavy (non-hydrogen) atoms. The molecular formula is C19H23N5O2S. The van der Waals surface area contributed by atoms with Gasteiger partial charge >= 0.3 is 0 Å². The lowest BCUT2D eigenvalue weighted by atomic mass is 10.0. The van der Waals surface area contributed by atoms with Gasteiger partial charge < -0.3 is 9.84 Å². The Balaban J connectivity index is 1.37. The molecule has 0 saturated carbocycles. The van der Waals surface area contributed by atoms with E-state index in [-0.39, 0.29) is 5.91 Å². The number of carbonyl (C=O) groups excluding carboxylic acids is 1. The smallest absolute Gasteiger partial charge is 0.252 e. The van der Waals surface area contributed by atoms with Crippen LogP contribution in [0, 0.1) is 13.8 Å². The SMILES string of the molecule is Cc1noc(C)c1CN1CCc2c(C(=O)NCCc3cn[nH]c3)csc2C1. The van der Waals surface area contributed by atoms with Crippen molar-refractivity contribution in [3.05, 3.63) is 56.4 Å². The molecule has 1 aliphatic heterocycles. The molecule has 0 aromatic carbocycles. The molecule has 0 spiro atoms. The summed E-state index contributed by atoms with van der Waals surface area (Å²) in [5, 5.41) is 15.8. The van der Waals surface area contributed by atoms with Gasteiger partial charge in [0.05, 0.1) is 17.5 Å². The third kappa shape index (κ3) is 3.81. The number of hydrogen-bond donors (Lipinski definition) is 2. The van der Waals surface area contributed by atoms with Crippen molar-refractivity contribution in [3.63, 3.8) is 0 Å². The van der Waals surface area contributed by atoms with E-state index in [1.165, 1.54) is 16.0 Å². The highest BCUT2D eigenvalue weighted by atomic mass is 32.1. The van der Waals surface area contributed by atoms with Gasteiger partial charge in [-0.25, -0.2) is 0 Å². The van der Waals surface area contributed by atoms with E-state index in [1.807, 2.05) is 25.4 Å². The van der Waals surface area contributed by atoms with E-state index in [0.717, 1.165) is 55.1 Å². The van der Waals surface area contributed by atoms with Crippen LogP contribution < -0.4 is 5.32 Å². The van der Waals surface area contributed by atoms with E-state index in [2.05, 4.69) is 25.6 Å². The van der Waals surface area contributed by atoms with Crippen molar-refractivity contribution < 1.29 is 9.32 Å². The normalized spacial score (nSPS) is 14.3. The van der Waals surface area contributed by atoms with E-state index < -0.39 is 0 Å². The number of fused-ring (bicyclic) bond motifs is 1. The van der Waals surface area contributed by atoms with Gasteiger partial charge in [-0.2, -0.15) is 5.10 Å². The van der Waals surface area contributed by atoms with Crippen LogP contribution >= 0.6 is 11.3 Å². The van der Waals surface area contributed by atoms with Crippen molar-refractivity contribution in [2.24, 2.45) is 0 Å². The summed E-state index contributed by atoms with van der Waals surface area (Å²) >= 11 is 1.68. The largest absolute Gasteiger partial charge is 0.361 e. The number of carbonyl (C=O) groups is 1. The highest BCUT2D eigenvalue weighted by Gasteiger charge is 2.25. The minimum Gasteiger partial charge on any atom is -0.361 e. The molecule has 0 radical (unpaired) electrons. The fraction of sp³-hybridized carbons (Fsp3) is 0.421. The Hall–Kier alpha value is -2.45. The van der Waals surface area contributed by atoms with Crippen molar-refractivity contribution in [3.8, 4) is 0 Å². The summed E-state index contributed by atoms with van der Waals surface area (Å²) in [5.74, 6) is 0.914. The van der Waals surface area contributed by atoms with Crippen molar-refractivity contribution >= 4 is 17.2 Å². The summed E-state index contributed by atoms with van der Waals surface area (Å²) in [6.45, 7) is 7.20. The number of hydrogen-bond acceptors (Lipinski definition) is 6. The first-order valence-electron chi connectivity index (χ1n) is 9.11. The van der Waals surface area contributed by atoms with Crippen LogP contribution in [0.3, 0.4) is 0 Å². The number of nitrogens with zero attached hydrogens (tertiary/aromatic N) is 3. The van der Waals surface area contributed by atoms with Gasteiger partial charge in [0.2, 0.25) is 0 Å². The van der Waals surface area contributed by atoms with Gasteiger partial charge in [0.15, 0.2) is 0 Å². The van der Waals surface area contributed by atoms with Gasteiger partial charge in [0.25, 0.3) is 5.91 Å². The molecular weight excluding hydrogens is 362 g/mol. The highest BCUT2D eigenvalue weighted by molar-refractivity contribution is 7.10. The standard InChI is InChI=1S/C19H23N5O2S/c1-12-16(13(2)26-23-12)9-24-6-4-15-17(11-27-18(15)10-24)19(25)20-5-3-14-7-21-22-8-14/h7-8,11H,3-6,9-10H2,1-2H3,(H,20,25)(H,21,22). The zero-order valence-corrected chi connectivity index (χ0v) is 16.4. The quantitative estimate of drug-likeness (QED) is 0.681. The lowest BCUT2D eigenvalue weighted by molar-refractivity contribution is 0.0953. The fourth-order valence-electron chi connectivity index (χ4n) is 3.49. The van der Waals surface area contributed by atoms with E-state index >= 15 is 0 Å². The first kappa shape index (κ1) is 17.9. The van der Waals surface area contributed by atoms with Crippen LogP contribution in [-0.4, -0.2) is 39.3 Å². The van der Waals surface area contributed by atoms with E-state index in [0.29, 0.717) is 6.54 Å². The zero-order chi connectivity index (χ0) is 18.8. The zero-order valence-electron chi connectivity index (χ0n) is 15.5.